The number of carbonyl (C=O) groups is 2. The van der Waals surface area contributed by atoms with Gasteiger partial charge in [0, 0.05) is 56.3 Å². The second kappa shape index (κ2) is 11.7. The largest absolute Gasteiger partial charge is 0.490 e. The maximum atomic E-state index is 12.9. The quantitative estimate of drug-likeness (QED) is 0.267. The Balaban J connectivity index is 1.19. The number of methoxy groups -OCH3 is 1. The van der Waals surface area contributed by atoms with E-state index >= 15 is 0 Å². The number of amides is 1. The number of anilines is 2. The van der Waals surface area contributed by atoms with Gasteiger partial charge < -0.3 is 29.0 Å². The molecule has 2 fully saturated rings. The Hall–Kier alpha value is -4.74. The molecule has 4 aromatic rings. The Bertz CT molecular complexity index is 1680. The second-order valence-electron chi connectivity index (χ2n) is 12.3. The van der Waals surface area contributed by atoms with Crippen molar-refractivity contribution in [3.8, 4) is 17.0 Å². The van der Waals surface area contributed by atoms with Gasteiger partial charge in [-0.3, -0.25) is 4.98 Å². The van der Waals surface area contributed by atoms with Crippen LogP contribution in [0.15, 0.2) is 43.0 Å². The third-order valence-corrected chi connectivity index (χ3v) is 7.67. The van der Waals surface area contributed by atoms with E-state index in [-0.39, 0.29) is 23.8 Å². The zero-order valence-electron chi connectivity index (χ0n) is 25.7. The lowest BCUT2D eigenvalue weighted by Crippen LogP contribution is -2.44. The van der Waals surface area contributed by atoms with E-state index in [0.29, 0.717) is 24.6 Å². The normalized spacial score (nSPS) is 15.7. The number of esters is 1. The minimum absolute atomic E-state index is 0.00372. The van der Waals surface area contributed by atoms with Gasteiger partial charge in [-0.25, -0.2) is 24.5 Å². The molecule has 44 heavy (non-hydrogen) atoms. The van der Waals surface area contributed by atoms with E-state index in [1.165, 1.54) is 7.11 Å². The van der Waals surface area contributed by atoms with Crippen LogP contribution in [0, 0.1) is 0 Å². The van der Waals surface area contributed by atoms with E-state index in [2.05, 4.69) is 15.3 Å². The van der Waals surface area contributed by atoms with E-state index in [4.69, 9.17) is 24.2 Å². The van der Waals surface area contributed by atoms with Gasteiger partial charge in [0.25, 0.3) is 0 Å². The van der Waals surface area contributed by atoms with Gasteiger partial charge in [-0.05, 0) is 57.9 Å². The fourth-order valence-corrected chi connectivity index (χ4v) is 5.26. The first-order valence-corrected chi connectivity index (χ1v) is 14.9. The van der Waals surface area contributed by atoms with Crippen LogP contribution in [0.1, 0.15) is 68.6 Å². The van der Waals surface area contributed by atoms with Crippen molar-refractivity contribution in [3.63, 3.8) is 0 Å². The maximum absolute atomic E-state index is 12.9. The number of aryl methyl sites for hydroxylation is 1. The molecule has 1 N–H and O–H groups in total. The van der Waals surface area contributed by atoms with Gasteiger partial charge in [0.05, 0.1) is 36.5 Å². The van der Waals surface area contributed by atoms with Crippen molar-refractivity contribution >= 4 is 34.6 Å². The van der Waals surface area contributed by atoms with Crippen LogP contribution in [-0.2, 0) is 16.5 Å². The zero-order valence-corrected chi connectivity index (χ0v) is 25.7. The molecule has 1 aliphatic carbocycles. The molecular weight excluding hydrogens is 562 g/mol. The number of nitrogens with zero attached hydrogens (tertiary/aromatic N) is 6. The van der Waals surface area contributed by atoms with E-state index in [9.17, 15) is 9.59 Å². The molecule has 1 aliphatic heterocycles. The number of ether oxygens (including phenoxy) is 3. The number of rotatable bonds is 7. The molecule has 1 aromatic carbocycles. The number of carbonyl (C=O) groups excluding carboxylic acids is 2. The Kier molecular flexibility index (Phi) is 7.83. The van der Waals surface area contributed by atoms with Crippen molar-refractivity contribution in [3.05, 3.63) is 54.4 Å². The Morgan fingerprint density at radius 3 is 2.39 bits per heavy atom. The van der Waals surface area contributed by atoms with Crippen LogP contribution in [0.4, 0.5) is 16.3 Å². The van der Waals surface area contributed by atoms with Gasteiger partial charge in [0.15, 0.2) is 11.5 Å². The molecule has 3 aromatic heterocycles. The van der Waals surface area contributed by atoms with Gasteiger partial charge in [-0.15, -0.1) is 0 Å². The SMILES string of the molecule is COC(=O)c1nc(-c2cncc3c2ncn3C)c(C2CC2)nc1Nc1ccc(OC2CCN(C(=O)OC(C)(C)C)CC2)cc1. The molecule has 1 amide bonds. The number of piperidine rings is 1. The molecule has 2 aliphatic rings. The average Bonchev–Trinajstić information content (AvgIpc) is 3.79. The van der Waals surface area contributed by atoms with Crippen molar-refractivity contribution in [1.82, 2.24) is 29.4 Å². The topological polar surface area (TPSA) is 134 Å². The van der Waals surface area contributed by atoms with Crippen LogP contribution >= 0.6 is 0 Å². The van der Waals surface area contributed by atoms with Crippen LogP contribution in [0.3, 0.4) is 0 Å². The summed E-state index contributed by atoms with van der Waals surface area (Å²) in [5.74, 6) is 0.686. The molecule has 1 saturated heterocycles. The molecule has 0 radical (unpaired) electrons. The smallest absolute Gasteiger partial charge is 0.410 e. The molecule has 0 unspecified atom stereocenters. The van der Waals surface area contributed by atoms with E-state index < -0.39 is 11.6 Å². The van der Waals surface area contributed by atoms with Crippen LogP contribution in [0.5, 0.6) is 5.75 Å². The second-order valence-corrected chi connectivity index (χ2v) is 12.3. The first-order chi connectivity index (χ1) is 21.1. The highest BCUT2D eigenvalue weighted by Gasteiger charge is 2.33. The zero-order chi connectivity index (χ0) is 31.0. The number of aromatic nitrogens is 5. The summed E-state index contributed by atoms with van der Waals surface area (Å²) in [7, 11) is 3.24. The van der Waals surface area contributed by atoms with Crippen LogP contribution in [-0.4, -0.2) is 73.4 Å². The van der Waals surface area contributed by atoms with Gasteiger partial charge in [0.1, 0.15) is 23.0 Å². The Morgan fingerprint density at radius 2 is 1.73 bits per heavy atom. The van der Waals surface area contributed by atoms with Crippen molar-refractivity contribution in [2.24, 2.45) is 7.05 Å². The predicted octanol–water partition coefficient (Wildman–Crippen LogP) is 5.61. The van der Waals surface area contributed by atoms with Crippen LogP contribution < -0.4 is 10.1 Å². The lowest BCUT2D eigenvalue weighted by atomic mass is 10.1. The molecule has 0 atom stereocenters. The maximum Gasteiger partial charge on any atom is 0.410 e. The van der Waals surface area contributed by atoms with Crippen LogP contribution in [0.2, 0.25) is 0 Å². The molecular formula is C32H37N7O5. The minimum atomic E-state index is -0.595. The molecule has 0 bridgehead atoms. The lowest BCUT2D eigenvalue weighted by Gasteiger charge is -2.33. The Labute approximate surface area is 255 Å². The fourth-order valence-electron chi connectivity index (χ4n) is 5.26. The highest BCUT2D eigenvalue weighted by Crippen LogP contribution is 2.44. The monoisotopic (exact) mass is 599 g/mol. The molecule has 1 saturated carbocycles. The third kappa shape index (κ3) is 6.29. The first-order valence-electron chi connectivity index (χ1n) is 14.9. The van der Waals surface area contributed by atoms with Crippen molar-refractivity contribution in [2.45, 2.75) is 64.1 Å². The fraction of sp³-hybridized carbons (Fsp3) is 0.438. The van der Waals surface area contributed by atoms with E-state index in [1.54, 1.807) is 23.6 Å². The van der Waals surface area contributed by atoms with Crippen molar-refractivity contribution < 1.29 is 23.8 Å². The van der Waals surface area contributed by atoms with E-state index in [1.807, 2.05) is 56.7 Å². The summed E-state index contributed by atoms with van der Waals surface area (Å²) >= 11 is 0. The highest BCUT2D eigenvalue weighted by atomic mass is 16.6. The number of pyridine rings is 1. The number of hydrogen-bond donors (Lipinski definition) is 1. The van der Waals surface area contributed by atoms with Gasteiger partial charge in [0.2, 0.25) is 0 Å². The standard InChI is InChI=1S/C32H37N7O5/c1-32(2,3)44-31(41)39-14-12-22(13-15-39)43-21-10-8-20(9-11-21)35-29-28(30(40)42-5)36-27(25(37-29)19-6-7-19)23-16-33-17-24-26(23)34-18-38(24)4/h8-11,16-19,22H,6-7,12-15H2,1-5H3,(H,35,37). The summed E-state index contributed by atoms with van der Waals surface area (Å²) in [4.78, 5) is 45.7. The van der Waals surface area contributed by atoms with Crippen LogP contribution in [0.25, 0.3) is 22.3 Å². The summed E-state index contributed by atoms with van der Waals surface area (Å²) in [5, 5.41) is 3.27. The summed E-state index contributed by atoms with van der Waals surface area (Å²) in [6, 6.07) is 7.49. The molecule has 12 heteroatoms. The molecule has 12 nitrogen and oxygen atoms in total. The number of hydrogen-bond acceptors (Lipinski definition) is 10. The number of nitrogens with one attached hydrogen (secondary N) is 1. The number of likely N-dealkylation sites (tertiary alicyclic amines) is 1. The minimum Gasteiger partial charge on any atom is -0.490 e. The molecule has 230 valence electrons. The number of fused-ring (bicyclic) bond motifs is 1. The van der Waals surface area contributed by atoms with Gasteiger partial charge in [-0.1, -0.05) is 0 Å². The van der Waals surface area contributed by atoms with Crippen molar-refractivity contribution in [2.75, 3.05) is 25.5 Å². The van der Waals surface area contributed by atoms with E-state index in [0.717, 1.165) is 59.4 Å². The molecule has 6 rings (SSSR count). The van der Waals surface area contributed by atoms with Crippen molar-refractivity contribution in [1.29, 1.82) is 0 Å². The predicted molar refractivity (Wildman–Crippen MR) is 164 cm³/mol. The first kappa shape index (κ1) is 29.3. The summed E-state index contributed by atoms with van der Waals surface area (Å²) in [6.07, 6.45) is 8.34. The lowest BCUT2D eigenvalue weighted by molar-refractivity contribution is 0.0126. The highest BCUT2D eigenvalue weighted by molar-refractivity contribution is 5.96. The van der Waals surface area contributed by atoms with Gasteiger partial charge >= 0.3 is 12.1 Å². The number of imidazole rings is 1. The third-order valence-electron chi connectivity index (χ3n) is 7.67. The average molecular weight is 600 g/mol. The summed E-state index contributed by atoms with van der Waals surface area (Å²) in [6.45, 7) is 6.76. The molecule has 4 heterocycles. The van der Waals surface area contributed by atoms with Gasteiger partial charge in [-0.2, -0.15) is 0 Å². The summed E-state index contributed by atoms with van der Waals surface area (Å²) < 4.78 is 18.7. The number of benzene rings is 1. The molecule has 0 spiro atoms. The summed E-state index contributed by atoms with van der Waals surface area (Å²) in [5.41, 5.74) is 4.03. The Morgan fingerprint density at radius 1 is 1.00 bits per heavy atom.